The molecule has 12 heterocycles. The number of pyridine rings is 1. The van der Waals surface area contributed by atoms with Gasteiger partial charge in [-0.1, -0.05) is 158 Å². The molecule has 0 N–H and O–H groups in total. The molecule has 2 aromatic heterocycles. The molecule has 0 bridgehead atoms. The van der Waals surface area contributed by atoms with E-state index in [1.54, 1.807) is 36.1 Å². The number of carbonyl (C=O) groups excluding carboxylic acids is 6. The molecule has 147 heavy (non-hydrogen) atoms. The van der Waals surface area contributed by atoms with Gasteiger partial charge in [-0.15, -0.1) is 0 Å². The van der Waals surface area contributed by atoms with Gasteiger partial charge in [0.15, 0.2) is 0 Å². The maximum atomic E-state index is 12.0. The molecule has 30 heteroatoms. The summed E-state index contributed by atoms with van der Waals surface area (Å²) in [5.41, 5.74) is 1.31. The van der Waals surface area contributed by atoms with Crippen LogP contribution >= 0.6 is 0 Å². The predicted octanol–water partition coefficient (Wildman–Crippen LogP) is 23.4. The summed E-state index contributed by atoms with van der Waals surface area (Å²) in [6, 6.07) is 8.48. The van der Waals surface area contributed by atoms with E-state index in [9.17, 15) is 45.6 Å². The fourth-order valence-corrected chi connectivity index (χ4v) is 24.0. The summed E-state index contributed by atoms with van der Waals surface area (Å²) >= 11 is 0. The normalized spacial score (nSPS) is 23.0. The van der Waals surface area contributed by atoms with Crippen LogP contribution in [0.2, 0.25) is 0 Å². The van der Waals surface area contributed by atoms with Crippen LogP contribution in [0.15, 0.2) is 43.1 Å². The lowest BCUT2D eigenvalue weighted by atomic mass is 9.79. The van der Waals surface area contributed by atoms with Crippen molar-refractivity contribution < 1.29 is 69.3 Å². The summed E-state index contributed by atoms with van der Waals surface area (Å²) in [7, 11) is -2.62. The number of likely N-dealkylation sites (tertiary alicyclic amines) is 8. The Kier molecular flexibility index (Phi) is 62.3. The Morgan fingerprint density at radius 2 is 0.810 bits per heavy atom. The quantitative estimate of drug-likeness (QED) is 0.0990. The van der Waals surface area contributed by atoms with E-state index in [0.717, 1.165) is 208 Å². The van der Waals surface area contributed by atoms with E-state index in [-0.39, 0.29) is 41.6 Å². The van der Waals surface area contributed by atoms with Crippen LogP contribution in [-0.2, 0) is 71.2 Å². The molecule has 0 saturated carbocycles. The molecule has 10 aliphatic heterocycles. The van der Waals surface area contributed by atoms with E-state index in [0.29, 0.717) is 123 Å². The number of ether oxygens (including phenoxy) is 5. The van der Waals surface area contributed by atoms with Crippen LogP contribution in [-0.4, -0.2) is 301 Å². The first kappa shape index (κ1) is 135. The number of hydrogen-bond acceptors (Lipinski definition) is 20. The highest BCUT2D eigenvalue weighted by atomic mass is 32.2. The van der Waals surface area contributed by atoms with Gasteiger partial charge in [0.05, 0.1) is 44.3 Å². The summed E-state index contributed by atoms with van der Waals surface area (Å²) in [5.74, 6) is 12.9. The van der Waals surface area contributed by atoms with Crippen LogP contribution in [0.25, 0.3) is 0 Å². The van der Waals surface area contributed by atoms with Gasteiger partial charge in [-0.25, -0.2) is 49.8 Å². The van der Waals surface area contributed by atoms with Crippen LogP contribution < -0.4 is 0 Å². The summed E-state index contributed by atoms with van der Waals surface area (Å²) < 4.78 is 74.2. The first-order valence-electron chi connectivity index (χ1n) is 57.3. The second-order valence-corrected chi connectivity index (χ2v) is 54.2. The molecule has 9 unspecified atom stereocenters. The van der Waals surface area contributed by atoms with Gasteiger partial charge in [-0.05, 0) is 322 Å². The average Bonchev–Trinajstić information content (AvgIpc) is 1.74. The molecule has 10 aliphatic rings. The highest BCUT2D eigenvalue weighted by Gasteiger charge is 2.40. The predicted molar refractivity (Wildman–Crippen MR) is 603 cm³/mol. The Labute approximate surface area is 898 Å². The van der Waals surface area contributed by atoms with Crippen molar-refractivity contribution in [1.29, 1.82) is 0 Å². The average molecular weight is 2110 g/mol. The van der Waals surface area contributed by atoms with Crippen LogP contribution in [0.3, 0.4) is 0 Å². The highest BCUT2D eigenvalue weighted by molar-refractivity contribution is 7.88. The molecule has 0 aromatic carbocycles. The van der Waals surface area contributed by atoms with Crippen molar-refractivity contribution >= 4 is 56.0 Å². The van der Waals surface area contributed by atoms with Crippen molar-refractivity contribution in [3.05, 3.63) is 54.4 Å². The van der Waals surface area contributed by atoms with Gasteiger partial charge in [0.25, 0.3) is 0 Å². The van der Waals surface area contributed by atoms with E-state index in [1.165, 1.54) is 89.0 Å². The van der Waals surface area contributed by atoms with E-state index >= 15 is 0 Å². The van der Waals surface area contributed by atoms with Crippen LogP contribution in [0.4, 0.5) is 14.4 Å². The molecule has 854 valence electrons. The van der Waals surface area contributed by atoms with Crippen molar-refractivity contribution in [2.24, 2.45) is 107 Å². The number of carbonyl (C=O) groups is 6. The molecule has 10 fully saturated rings. The number of rotatable bonds is 22. The zero-order chi connectivity index (χ0) is 111. The molecule has 9 atom stereocenters. The summed E-state index contributed by atoms with van der Waals surface area (Å²) in [6.07, 6.45) is 32.7. The van der Waals surface area contributed by atoms with Crippen molar-refractivity contribution in [3.63, 3.8) is 0 Å². The number of hydrogen-bond donors (Lipinski definition) is 0. The molecule has 0 radical (unpaired) electrons. The maximum Gasteiger partial charge on any atom is 0.410 e. The zero-order valence-electron chi connectivity index (χ0n) is 100.0. The van der Waals surface area contributed by atoms with Crippen molar-refractivity contribution in [1.82, 2.24) is 62.8 Å². The summed E-state index contributed by atoms with van der Waals surface area (Å²) in [4.78, 5) is 99.6. The minimum absolute atomic E-state index is 0.147. The third kappa shape index (κ3) is 53.2. The van der Waals surface area contributed by atoms with Gasteiger partial charge in [-0.2, -0.15) is 0 Å². The number of piperidine rings is 7. The van der Waals surface area contributed by atoms with Gasteiger partial charge in [0.1, 0.15) is 23.1 Å². The molecule has 10 saturated heterocycles. The van der Waals surface area contributed by atoms with E-state index < -0.39 is 31.2 Å². The first-order valence-corrected chi connectivity index (χ1v) is 61.0. The standard InChI is InChI=1S/C14H27NO2.C13H20N2.2C13H25NO2.C12H19N3.2C12H23NO2.C10H19NO.2C9H19NO2S/c1-10(2)12-7-8-15(9-11(12)3)13(16)17-14(4,5)6;1-11(2)13-6-4-8-15(13)10-12-5-3-7-14-9-12;1-10(2)11-6-8-14(9-7-11)12(15)16-13(3,4)5;1-10(2)11-8-6-7-9-14(11)12(15)16-13(3,4)5;1-10(2)12-4-3-7-15(12)8-11-5-6-13-9-14-11;1-9(2)12-10(3)5-7-13(12)11(14)6-8-15-4;1-10(2)11-5-4-7-13(9-11)12(14)6-8-15-3;1-8(2)10-4-6-11(7-5-10)9(3)12;1-8(2)9-4-6-10(7-5-9)13(3,11)12;1-8(2)9-5-4-6-10(7-9)13(3,11)12/h10-12H,7-9H2,1-6H3;3,5,7,9,11,13H,4,6,8,10H2,1-2H3;2*10-11H,6-9H2,1-5H3;5-6,9-10,12H,3-4,7-8H2,1-2H3;9-10,12H,5-8H2,1-4H3;10-11H,4-9H2,1-3H3;8,10H,4-7H2,1-3H3;2*8-9H,4-7H2,1-3H3. The smallest absolute Gasteiger partial charge is 0.410 e. The zero-order valence-corrected chi connectivity index (χ0v) is 102. The lowest BCUT2D eigenvalue weighted by Crippen LogP contribution is -2.48. The number of sulfonamides is 2. The van der Waals surface area contributed by atoms with Gasteiger partial charge in [0, 0.05) is 169 Å². The van der Waals surface area contributed by atoms with Gasteiger partial charge < -0.3 is 53.1 Å². The molecule has 0 aliphatic carbocycles. The highest BCUT2D eigenvalue weighted by Crippen LogP contribution is 2.36. The minimum Gasteiger partial charge on any atom is -0.444 e. The van der Waals surface area contributed by atoms with E-state index in [2.05, 4.69) is 183 Å². The summed E-state index contributed by atoms with van der Waals surface area (Å²) in [6.45, 7) is 85.6. The SMILES string of the molecule is CC(=O)N1CCC(C(C)C)CC1.CC(C)C1CCCCN1C(=O)OC(C)(C)C.CC(C)C1CCCN(S(C)(=O)=O)C1.CC(C)C1CCCN1Cc1cccnc1.CC(C)C1CCCN1Cc1ccncn1.CC(C)C1CCN(C(=O)OC(C)(C)C)CC1.CC(C)C1CCN(C(=O)OC(C)(C)C)CC1C.CC(C)C1CCN(S(C)(=O)=O)CC1.COCCC(=O)N1CCC(C)C1C(C)C.COCCC(=O)N1CCCC(C(C)C)C1. The third-order valence-corrected chi connectivity index (χ3v) is 33.9. The fourth-order valence-electron chi connectivity index (χ4n) is 22.2. The topological polar surface area (TPSA) is 288 Å². The lowest BCUT2D eigenvalue weighted by Gasteiger charge is -2.39. The molecular formula is C117H219N13O15S2. The third-order valence-electron chi connectivity index (χ3n) is 31.3. The molecule has 28 nitrogen and oxygen atoms in total. The molecule has 12 rings (SSSR count). The maximum absolute atomic E-state index is 12.0. The van der Waals surface area contributed by atoms with Crippen molar-refractivity contribution in [2.45, 2.75) is 410 Å². The Hall–Kier alpha value is -5.89. The van der Waals surface area contributed by atoms with Crippen LogP contribution in [0, 0.1) is 107 Å². The second-order valence-electron chi connectivity index (χ2n) is 50.2. The second kappa shape index (κ2) is 67.7. The van der Waals surface area contributed by atoms with Crippen molar-refractivity contribution in [2.75, 3.05) is 145 Å². The summed E-state index contributed by atoms with van der Waals surface area (Å²) in [5, 5.41) is 0. The van der Waals surface area contributed by atoms with Gasteiger partial charge in [0.2, 0.25) is 37.8 Å². The Balaban J connectivity index is 0.000000420. The molecule has 0 spiro atoms. The largest absolute Gasteiger partial charge is 0.444 e. The Morgan fingerprint density at radius 3 is 1.23 bits per heavy atom. The van der Waals surface area contributed by atoms with E-state index in [1.807, 2.05) is 122 Å². The minimum atomic E-state index is -2.96. The van der Waals surface area contributed by atoms with Crippen LogP contribution in [0.1, 0.15) is 368 Å². The number of aromatic nitrogens is 3. The first-order chi connectivity index (χ1) is 68.5. The molecular weight excluding hydrogens is 1890 g/mol. The molecule has 6 amide bonds. The lowest BCUT2D eigenvalue weighted by molar-refractivity contribution is -0.135. The number of methoxy groups -OCH3 is 2. The monoisotopic (exact) mass is 2110 g/mol. The number of amides is 6. The Morgan fingerprint density at radius 1 is 0.374 bits per heavy atom. The van der Waals surface area contributed by atoms with E-state index in [4.69, 9.17) is 23.7 Å². The fraction of sp³-hybridized carbons (Fsp3) is 0.872. The van der Waals surface area contributed by atoms with Gasteiger partial charge >= 0.3 is 18.3 Å². The molecule has 2 aromatic rings. The van der Waals surface area contributed by atoms with Crippen molar-refractivity contribution in [3.8, 4) is 0 Å². The van der Waals surface area contributed by atoms with Crippen LogP contribution in [0.5, 0.6) is 0 Å². The van der Waals surface area contributed by atoms with Gasteiger partial charge in [-0.3, -0.25) is 29.2 Å². The number of nitrogens with zero attached hydrogens (tertiary/aromatic N) is 13. The Bertz CT molecular complexity index is 4110.